The number of nitrogen functional groups attached to an aromatic ring is 1. The molecule has 0 aliphatic rings. The van der Waals surface area contributed by atoms with Crippen LogP contribution in [-0.4, -0.2) is 16.1 Å². The van der Waals surface area contributed by atoms with E-state index < -0.39 is 11.5 Å². The number of pyridine rings is 1. The summed E-state index contributed by atoms with van der Waals surface area (Å²) in [7, 11) is 0. The number of aromatic nitrogens is 1. The number of nitrogens with two attached hydrogens (primary N) is 2. The van der Waals surface area contributed by atoms with Crippen LogP contribution in [0.25, 0.3) is 0 Å². The van der Waals surface area contributed by atoms with Crippen LogP contribution >= 0.6 is 0 Å². The fraction of sp³-hybridized carbons (Fsp3) is 0.333. The Morgan fingerprint density at radius 2 is 2.14 bits per heavy atom. The van der Waals surface area contributed by atoms with Crippen molar-refractivity contribution in [1.29, 1.82) is 0 Å². The summed E-state index contributed by atoms with van der Waals surface area (Å²) >= 11 is 0. The number of hydrogen-bond acceptors (Lipinski definition) is 4. The molecule has 5 heteroatoms. The highest BCUT2D eigenvalue weighted by molar-refractivity contribution is 5.80. The van der Waals surface area contributed by atoms with Gasteiger partial charge >= 0.3 is 5.97 Å². The Hall–Kier alpha value is -1.62. The minimum absolute atomic E-state index is 0.354. The summed E-state index contributed by atoms with van der Waals surface area (Å²) in [4.78, 5) is 14.8. The first kappa shape index (κ1) is 10.5. The normalized spacial score (nSPS) is 14.8. The van der Waals surface area contributed by atoms with Crippen LogP contribution in [0.3, 0.4) is 0 Å². The molecule has 0 aromatic carbocycles. The summed E-state index contributed by atoms with van der Waals surface area (Å²) in [6.07, 6.45) is 0. The average Bonchev–Trinajstić information content (AvgIpc) is 2.02. The van der Waals surface area contributed by atoms with Gasteiger partial charge in [0.05, 0.1) is 0 Å². The van der Waals surface area contributed by atoms with Gasteiger partial charge in [-0.2, -0.15) is 0 Å². The van der Waals surface area contributed by atoms with Gasteiger partial charge in [0.2, 0.25) is 0 Å². The molecule has 1 aromatic rings. The summed E-state index contributed by atoms with van der Waals surface area (Å²) in [6.45, 7) is 3.11. The molecule has 1 atom stereocenters. The van der Waals surface area contributed by atoms with Crippen LogP contribution in [0.1, 0.15) is 18.2 Å². The van der Waals surface area contributed by atoms with E-state index in [1.807, 2.05) is 0 Å². The third-order valence-electron chi connectivity index (χ3n) is 2.11. The number of hydrogen-bond donors (Lipinski definition) is 3. The molecule has 1 rings (SSSR count). The third kappa shape index (κ3) is 1.67. The predicted octanol–water partition coefficient (Wildman–Crippen LogP) is 0.231. The lowest BCUT2D eigenvalue weighted by Gasteiger charge is -2.21. The van der Waals surface area contributed by atoms with Gasteiger partial charge in [0.1, 0.15) is 11.4 Å². The lowest BCUT2D eigenvalue weighted by molar-refractivity contribution is -0.143. The number of carbonyl (C=O) groups is 1. The Morgan fingerprint density at radius 3 is 2.57 bits per heavy atom. The van der Waals surface area contributed by atoms with Gasteiger partial charge < -0.3 is 16.6 Å². The van der Waals surface area contributed by atoms with Crippen LogP contribution < -0.4 is 11.5 Å². The summed E-state index contributed by atoms with van der Waals surface area (Å²) in [5, 5.41) is 8.90. The Kier molecular flexibility index (Phi) is 2.44. The molecule has 0 saturated heterocycles. The fourth-order valence-electron chi connectivity index (χ4n) is 1.24. The van der Waals surface area contributed by atoms with Crippen molar-refractivity contribution in [1.82, 2.24) is 4.98 Å². The molecule has 0 unspecified atom stereocenters. The Balaban J connectivity index is 3.26. The second-order valence-corrected chi connectivity index (χ2v) is 3.38. The van der Waals surface area contributed by atoms with E-state index in [4.69, 9.17) is 16.6 Å². The van der Waals surface area contributed by atoms with Crippen LogP contribution in [-0.2, 0) is 10.3 Å². The fourth-order valence-corrected chi connectivity index (χ4v) is 1.24. The van der Waals surface area contributed by atoms with E-state index in [0.717, 1.165) is 0 Å². The van der Waals surface area contributed by atoms with E-state index in [1.54, 1.807) is 13.0 Å². The van der Waals surface area contributed by atoms with Gasteiger partial charge in [-0.1, -0.05) is 6.07 Å². The molecule has 1 aromatic heterocycles. The molecule has 0 radical (unpaired) electrons. The second kappa shape index (κ2) is 3.26. The smallest absolute Gasteiger partial charge is 0.328 e. The lowest BCUT2D eigenvalue weighted by Crippen LogP contribution is -2.42. The zero-order valence-corrected chi connectivity index (χ0v) is 8.11. The van der Waals surface area contributed by atoms with Gasteiger partial charge in [0.15, 0.2) is 0 Å². The van der Waals surface area contributed by atoms with Crippen molar-refractivity contribution in [2.45, 2.75) is 19.4 Å². The van der Waals surface area contributed by atoms with E-state index in [1.165, 1.54) is 13.0 Å². The van der Waals surface area contributed by atoms with Crippen LogP contribution in [0.5, 0.6) is 0 Å². The lowest BCUT2D eigenvalue weighted by atomic mass is 9.92. The quantitative estimate of drug-likeness (QED) is 0.627. The minimum atomic E-state index is -1.43. The molecule has 0 aliphatic heterocycles. The zero-order valence-electron chi connectivity index (χ0n) is 8.11. The number of aliphatic carboxylic acids is 1. The molecule has 0 spiro atoms. The molecule has 5 N–H and O–H groups in total. The maximum Gasteiger partial charge on any atom is 0.328 e. The van der Waals surface area contributed by atoms with Crippen molar-refractivity contribution < 1.29 is 9.90 Å². The number of aryl methyl sites for hydroxylation is 1. The monoisotopic (exact) mass is 195 g/mol. The predicted molar refractivity (Wildman–Crippen MR) is 52.6 cm³/mol. The summed E-state index contributed by atoms with van der Waals surface area (Å²) in [5.74, 6) is -0.736. The van der Waals surface area contributed by atoms with Gasteiger partial charge in [0.25, 0.3) is 0 Å². The van der Waals surface area contributed by atoms with Crippen molar-refractivity contribution in [3.05, 3.63) is 23.4 Å². The summed E-state index contributed by atoms with van der Waals surface area (Å²) in [5.41, 5.74) is 10.7. The van der Waals surface area contributed by atoms with Crippen molar-refractivity contribution >= 4 is 11.8 Å². The highest BCUT2D eigenvalue weighted by Gasteiger charge is 2.32. The molecule has 5 nitrogen and oxygen atoms in total. The number of carboxylic acids is 1. The van der Waals surface area contributed by atoms with Gasteiger partial charge in [-0.3, -0.25) is 0 Å². The first-order valence-corrected chi connectivity index (χ1v) is 4.11. The summed E-state index contributed by atoms with van der Waals surface area (Å²) < 4.78 is 0. The molecule has 0 amide bonds. The van der Waals surface area contributed by atoms with Gasteiger partial charge in [-0.05, 0) is 19.9 Å². The van der Waals surface area contributed by atoms with Crippen LogP contribution in [0.4, 0.5) is 5.82 Å². The molecule has 0 aliphatic carbocycles. The second-order valence-electron chi connectivity index (χ2n) is 3.38. The summed E-state index contributed by atoms with van der Waals surface area (Å²) in [6, 6.07) is 3.13. The van der Waals surface area contributed by atoms with Crippen molar-refractivity contribution in [2.24, 2.45) is 5.73 Å². The minimum Gasteiger partial charge on any atom is -0.480 e. The van der Waals surface area contributed by atoms with Crippen molar-refractivity contribution in [3.8, 4) is 0 Å². The molecule has 76 valence electrons. The number of carboxylic acid groups (broad SMARTS) is 1. The van der Waals surface area contributed by atoms with Crippen LogP contribution in [0.2, 0.25) is 0 Å². The van der Waals surface area contributed by atoms with Crippen molar-refractivity contribution in [2.75, 3.05) is 5.73 Å². The maximum absolute atomic E-state index is 10.9. The number of nitrogens with zero attached hydrogens (tertiary/aromatic N) is 1. The van der Waals surface area contributed by atoms with Gasteiger partial charge in [-0.25, -0.2) is 9.78 Å². The van der Waals surface area contributed by atoms with Gasteiger partial charge in [-0.15, -0.1) is 0 Å². The van der Waals surface area contributed by atoms with Crippen molar-refractivity contribution in [3.63, 3.8) is 0 Å². The first-order chi connectivity index (χ1) is 6.35. The molecular weight excluding hydrogens is 182 g/mol. The standard InChI is InChI=1S/C9H13N3O2/c1-5-6(3-4-7(10)12-5)9(2,11)8(13)14/h3-4H,11H2,1-2H3,(H2,10,12)(H,13,14)/t9-/m0/s1. The van der Waals surface area contributed by atoms with E-state index in [9.17, 15) is 4.79 Å². The molecule has 0 saturated carbocycles. The van der Waals surface area contributed by atoms with Crippen LogP contribution in [0.15, 0.2) is 12.1 Å². The van der Waals surface area contributed by atoms with E-state index in [0.29, 0.717) is 17.1 Å². The molecule has 1 heterocycles. The van der Waals surface area contributed by atoms with E-state index in [-0.39, 0.29) is 0 Å². The molecular formula is C9H13N3O2. The largest absolute Gasteiger partial charge is 0.480 e. The SMILES string of the molecule is Cc1nc(N)ccc1[C@](C)(N)C(=O)O. The Bertz CT molecular complexity index is 374. The Morgan fingerprint density at radius 1 is 1.57 bits per heavy atom. The zero-order chi connectivity index (χ0) is 10.9. The van der Waals surface area contributed by atoms with E-state index >= 15 is 0 Å². The number of anilines is 1. The average molecular weight is 195 g/mol. The maximum atomic E-state index is 10.9. The number of rotatable bonds is 2. The third-order valence-corrected chi connectivity index (χ3v) is 2.11. The molecule has 14 heavy (non-hydrogen) atoms. The topological polar surface area (TPSA) is 102 Å². The van der Waals surface area contributed by atoms with Gasteiger partial charge in [0, 0.05) is 11.3 Å². The Labute approximate surface area is 81.7 Å². The highest BCUT2D eigenvalue weighted by Crippen LogP contribution is 2.21. The molecule has 0 fully saturated rings. The highest BCUT2D eigenvalue weighted by atomic mass is 16.4. The van der Waals surface area contributed by atoms with E-state index in [2.05, 4.69) is 4.98 Å². The first-order valence-electron chi connectivity index (χ1n) is 4.11. The van der Waals surface area contributed by atoms with Crippen LogP contribution in [0, 0.1) is 6.92 Å². The molecule has 0 bridgehead atoms.